The van der Waals surface area contributed by atoms with E-state index in [0.717, 1.165) is 16.3 Å². The average Bonchev–Trinajstić information content (AvgIpc) is 3.28. The van der Waals surface area contributed by atoms with Crippen molar-refractivity contribution in [2.75, 3.05) is 5.84 Å². The Morgan fingerprint density at radius 3 is 2.22 bits per heavy atom. The predicted octanol–water partition coefficient (Wildman–Crippen LogP) is 4.35. The van der Waals surface area contributed by atoms with Crippen LogP contribution in [-0.4, -0.2) is 19.9 Å². The van der Waals surface area contributed by atoms with E-state index in [-0.39, 0.29) is 11.6 Å². The summed E-state index contributed by atoms with van der Waals surface area (Å²) in [4.78, 5) is 4.56. The lowest BCUT2D eigenvalue weighted by atomic mass is 10.2. The van der Waals surface area contributed by atoms with Crippen LogP contribution in [0.25, 0.3) is 22.0 Å². The number of rotatable bonds is 5. The molecule has 0 amide bonds. The van der Waals surface area contributed by atoms with Crippen LogP contribution in [0.1, 0.15) is 5.69 Å². The minimum absolute atomic E-state index is 0.273. The highest BCUT2D eigenvalue weighted by atomic mass is 32.2. The van der Waals surface area contributed by atoms with Crippen molar-refractivity contribution in [3.05, 3.63) is 71.2 Å². The van der Waals surface area contributed by atoms with Crippen LogP contribution >= 0.6 is 23.1 Å². The van der Waals surface area contributed by atoms with Gasteiger partial charge in [-0.25, -0.2) is 18.4 Å². The second-order valence-electron chi connectivity index (χ2n) is 5.62. The summed E-state index contributed by atoms with van der Waals surface area (Å²) in [6.07, 6.45) is 0. The van der Waals surface area contributed by atoms with Crippen molar-refractivity contribution in [1.29, 1.82) is 0 Å². The summed E-state index contributed by atoms with van der Waals surface area (Å²) >= 11 is 2.90. The van der Waals surface area contributed by atoms with E-state index in [1.165, 1.54) is 52.0 Å². The van der Waals surface area contributed by atoms with Crippen LogP contribution in [0.4, 0.5) is 8.78 Å². The van der Waals surface area contributed by atoms with E-state index in [9.17, 15) is 8.78 Å². The Balaban J connectivity index is 1.46. The van der Waals surface area contributed by atoms with Gasteiger partial charge in [0.1, 0.15) is 16.6 Å². The third-order valence-electron chi connectivity index (χ3n) is 3.76. The lowest BCUT2D eigenvalue weighted by molar-refractivity contribution is 0.627. The molecular formula is C18H13F2N5S2. The number of thioether (sulfide) groups is 1. The van der Waals surface area contributed by atoms with E-state index in [2.05, 4.69) is 15.2 Å². The molecule has 2 aromatic heterocycles. The van der Waals surface area contributed by atoms with Gasteiger partial charge in [-0.2, -0.15) is 0 Å². The van der Waals surface area contributed by atoms with Gasteiger partial charge in [0.25, 0.3) is 0 Å². The van der Waals surface area contributed by atoms with Gasteiger partial charge in [0.2, 0.25) is 5.16 Å². The Morgan fingerprint density at radius 2 is 1.56 bits per heavy atom. The third kappa shape index (κ3) is 3.83. The number of aromatic nitrogens is 4. The summed E-state index contributed by atoms with van der Waals surface area (Å²) < 4.78 is 27.5. The van der Waals surface area contributed by atoms with Gasteiger partial charge in [0, 0.05) is 22.3 Å². The Kier molecular flexibility index (Phi) is 4.87. The maximum atomic E-state index is 13.1. The molecule has 4 rings (SSSR count). The minimum atomic E-state index is -0.322. The van der Waals surface area contributed by atoms with Gasteiger partial charge in [0.05, 0.1) is 5.69 Å². The van der Waals surface area contributed by atoms with Crippen molar-refractivity contribution in [3.63, 3.8) is 0 Å². The quantitative estimate of drug-likeness (QED) is 0.398. The summed E-state index contributed by atoms with van der Waals surface area (Å²) in [5.74, 6) is 6.50. The van der Waals surface area contributed by atoms with E-state index in [4.69, 9.17) is 5.84 Å². The molecule has 0 spiro atoms. The molecule has 0 bridgehead atoms. The highest BCUT2D eigenvalue weighted by Gasteiger charge is 2.13. The van der Waals surface area contributed by atoms with Crippen LogP contribution in [0.5, 0.6) is 0 Å². The van der Waals surface area contributed by atoms with Gasteiger partial charge in [0.15, 0.2) is 5.82 Å². The molecule has 0 radical (unpaired) electrons. The van der Waals surface area contributed by atoms with Gasteiger partial charge >= 0.3 is 0 Å². The van der Waals surface area contributed by atoms with Crippen LogP contribution in [0, 0.1) is 11.6 Å². The zero-order valence-electron chi connectivity index (χ0n) is 13.8. The first-order valence-corrected chi connectivity index (χ1v) is 9.76. The molecule has 0 aliphatic carbocycles. The Morgan fingerprint density at radius 1 is 0.926 bits per heavy atom. The van der Waals surface area contributed by atoms with Crippen LogP contribution in [0.2, 0.25) is 0 Å². The maximum Gasteiger partial charge on any atom is 0.210 e. The molecule has 0 saturated heterocycles. The van der Waals surface area contributed by atoms with Gasteiger partial charge < -0.3 is 5.84 Å². The van der Waals surface area contributed by atoms with Gasteiger partial charge in [-0.3, -0.25) is 0 Å². The van der Waals surface area contributed by atoms with Crippen molar-refractivity contribution in [2.45, 2.75) is 10.9 Å². The first-order chi connectivity index (χ1) is 13.1. The zero-order chi connectivity index (χ0) is 18.8. The standard InChI is InChI=1S/C18H13F2N5S2/c19-13-5-1-11(2-6-13)16-23-24-18(25(16)21)27-10-15-9-26-17(22-15)12-3-7-14(20)8-4-12/h1-9H,10,21H2. The number of thiazole rings is 1. The second kappa shape index (κ2) is 7.45. The average molecular weight is 401 g/mol. The summed E-state index contributed by atoms with van der Waals surface area (Å²) in [6, 6.07) is 12.1. The fourth-order valence-corrected chi connectivity index (χ4v) is 4.09. The number of nitrogen functional groups attached to an aromatic ring is 1. The minimum Gasteiger partial charge on any atom is -0.335 e. The molecule has 2 aromatic carbocycles. The molecule has 0 unspecified atom stereocenters. The molecule has 4 aromatic rings. The van der Waals surface area contributed by atoms with E-state index in [0.29, 0.717) is 22.3 Å². The first-order valence-electron chi connectivity index (χ1n) is 7.90. The van der Waals surface area contributed by atoms with Gasteiger partial charge in [-0.1, -0.05) is 11.8 Å². The van der Waals surface area contributed by atoms with E-state index >= 15 is 0 Å². The number of hydrogen-bond donors (Lipinski definition) is 1. The van der Waals surface area contributed by atoms with E-state index < -0.39 is 0 Å². The summed E-state index contributed by atoms with van der Waals surface area (Å²) in [7, 11) is 0. The van der Waals surface area contributed by atoms with Crippen LogP contribution in [0.15, 0.2) is 59.1 Å². The molecule has 0 aliphatic rings. The molecular weight excluding hydrogens is 388 g/mol. The van der Waals surface area contributed by atoms with Gasteiger partial charge in [-0.05, 0) is 48.5 Å². The van der Waals surface area contributed by atoms with Crippen molar-refractivity contribution < 1.29 is 8.78 Å². The van der Waals surface area contributed by atoms with Crippen molar-refractivity contribution in [1.82, 2.24) is 19.9 Å². The third-order valence-corrected chi connectivity index (χ3v) is 5.68. The normalized spacial score (nSPS) is 11.0. The van der Waals surface area contributed by atoms with Crippen molar-refractivity contribution in [2.24, 2.45) is 0 Å². The molecule has 2 N–H and O–H groups in total. The van der Waals surface area contributed by atoms with Gasteiger partial charge in [-0.15, -0.1) is 21.5 Å². The van der Waals surface area contributed by atoms with E-state index in [1.807, 2.05) is 5.38 Å². The van der Waals surface area contributed by atoms with Crippen LogP contribution < -0.4 is 5.84 Å². The maximum absolute atomic E-state index is 13.1. The van der Waals surface area contributed by atoms with E-state index in [1.54, 1.807) is 24.3 Å². The summed E-state index contributed by atoms with van der Waals surface area (Å²) in [6.45, 7) is 0. The molecule has 0 saturated carbocycles. The topological polar surface area (TPSA) is 69.6 Å². The zero-order valence-corrected chi connectivity index (χ0v) is 15.5. The second-order valence-corrected chi connectivity index (χ2v) is 7.42. The SMILES string of the molecule is Nn1c(SCc2csc(-c3ccc(F)cc3)n2)nnc1-c1ccc(F)cc1. The monoisotopic (exact) mass is 401 g/mol. The number of nitrogens with zero attached hydrogens (tertiary/aromatic N) is 4. The van der Waals surface area contributed by atoms with Crippen LogP contribution in [0.3, 0.4) is 0 Å². The predicted molar refractivity (Wildman–Crippen MR) is 103 cm³/mol. The highest BCUT2D eigenvalue weighted by molar-refractivity contribution is 7.98. The lowest BCUT2D eigenvalue weighted by Gasteiger charge is -2.03. The fraction of sp³-hybridized carbons (Fsp3) is 0.0556. The summed E-state index contributed by atoms with van der Waals surface area (Å²) in [5, 5.41) is 11.5. The Hall–Kier alpha value is -2.78. The fourth-order valence-electron chi connectivity index (χ4n) is 2.41. The number of hydrogen-bond acceptors (Lipinski definition) is 6. The number of nitrogens with two attached hydrogens (primary N) is 1. The molecule has 0 fully saturated rings. The molecule has 136 valence electrons. The lowest BCUT2D eigenvalue weighted by Crippen LogP contribution is -2.11. The smallest absolute Gasteiger partial charge is 0.210 e. The van der Waals surface area contributed by atoms with Crippen molar-refractivity contribution >= 4 is 23.1 Å². The largest absolute Gasteiger partial charge is 0.335 e. The molecule has 0 aliphatic heterocycles. The molecule has 5 nitrogen and oxygen atoms in total. The number of benzene rings is 2. The molecule has 0 atom stereocenters. The molecule has 9 heteroatoms. The first kappa shape index (κ1) is 17.6. The molecule has 2 heterocycles. The van der Waals surface area contributed by atoms with Crippen molar-refractivity contribution in [3.8, 4) is 22.0 Å². The summed E-state index contributed by atoms with van der Waals surface area (Å²) in [5.41, 5.74) is 2.43. The van der Waals surface area contributed by atoms with Crippen LogP contribution in [-0.2, 0) is 5.75 Å². The Bertz CT molecular complexity index is 1060. The number of halogens is 2. The molecule has 27 heavy (non-hydrogen) atoms. The highest BCUT2D eigenvalue weighted by Crippen LogP contribution is 2.28. The Labute approximate surface area is 161 Å².